The highest BCUT2D eigenvalue weighted by Crippen LogP contribution is 2.27. The Hall–Kier alpha value is -0.530. The minimum atomic E-state index is -0.644. The molecule has 0 aliphatic heterocycles. The van der Waals surface area contributed by atoms with Gasteiger partial charge in [-0.3, -0.25) is 4.79 Å². The number of rotatable bonds is 16. The van der Waals surface area contributed by atoms with E-state index in [4.69, 9.17) is 5.11 Å². The fourth-order valence-corrected chi connectivity index (χ4v) is 3.34. The number of hydrogen-bond donors (Lipinski definition) is 1. The summed E-state index contributed by atoms with van der Waals surface area (Å²) in [5.41, 5.74) is 0. The molecule has 0 heterocycles. The van der Waals surface area contributed by atoms with Gasteiger partial charge < -0.3 is 5.11 Å². The maximum absolute atomic E-state index is 10.7. The van der Waals surface area contributed by atoms with Crippen LogP contribution in [0.15, 0.2) is 0 Å². The number of carbonyl (C=O) groups is 1. The van der Waals surface area contributed by atoms with Gasteiger partial charge in [0.1, 0.15) is 0 Å². The highest BCUT2D eigenvalue weighted by atomic mass is 16.4. The summed E-state index contributed by atoms with van der Waals surface area (Å²) in [7, 11) is 0. The van der Waals surface area contributed by atoms with E-state index in [2.05, 4.69) is 20.8 Å². The number of carboxylic acids is 1. The molecule has 0 aliphatic rings. The van der Waals surface area contributed by atoms with Gasteiger partial charge in [-0.25, -0.2) is 0 Å². The lowest BCUT2D eigenvalue weighted by Gasteiger charge is -2.21. The topological polar surface area (TPSA) is 37.3 Å². The normalized spacial score (nSPS) is 14.0. The van der Waals surface area contributed by atoms with E-state index in [1.165, 1.54) is 70.6 Å². The molecule has 0 aromatic rings. The molecule has 0 fully saturated rings. The Balaban J connectivity index is 3.69. The van der Waals surface area contributed by atoms with Crippen molar-refractivity contribution in [2.24, 2.45) is 11.8 Å². The van der Waals surface area contributed by atoms with Crippen molar-refractivity contribution in [1.82, 2.24) is 0 Å². The monoisotopic (exact) mass is 312 g/mol. The number of hydrogen-bond acceptors (Lipinski definition) is 1. The van der Waals surface area contributed by atoms with Gasteiger partial charge in [-0.05, 0) is 24.7 Å². The molecule has 0 aromatic carbocycles. The maximum atomic E-state index is 10.7. The molecule has 0 amide bonds. The SMILES string of the molecule is CCCCCCCCCCC(CC)CC(CC)CCC(=O)O. The van der Waals surface area contributed by atoms with Gasteiger partial charge >= 0.3 is 5.97 Å². The number of aliphatic carboxylic acids is 1. The van der Waals surface area contributed by atoms with Crippen LogP contribution in [0, 0.1) is 11.8 Å². The molecule has 2 nitrogen and oxygen atoms in total. The van der Waals surface area contributed by atoms with E-state index in [1.807, 2.05) is 0 Å². The predicted molar refractivity (Wildman–Crippen MR) is 96.3 cm³/mol. The first-order chi connectivity index (χ1) is 10.6. The van der Waals surface area contributed by atoms with E-state index in [0.29, 0.717) is 12.3 Å². The summed E-state index contributed by atoms with van der Waals surface area (Å²) in [6.07, 6.45) is 17.3. The largest absolute Gasteiger partial charge is 0.481 e. The number of carboxylic acid groups (broad SMARTS) is 1. The van der Waals surface area contributed by atoms with Gasteiger partial charge in [0.15, 0.2) is 0 Å². The molecule has 2 heteroatoms. The third-order valence-corrected chi connectivity index (χ3v) is 5.05. The third kappa shape index (κ3) is 13.2. The number of unbranched alkanes of at least 4 members (excludes halogenated alkanes) is 7. The molecular formula is C20H40O2. The zero-order valence-corrected chi connectivity index (χ0v) is 15.4. The van der Waals surface area contributed by atoms with Gasteiger partial charge in [-0.2, -0.15) is 0 Å². The zero-order valence-electron chi connectivity index (χ0n) is 15.4. The fourth-order valence-electron chi connectivity index (χ4n) is 3.34. The van der Waals surface area contributed by atoms with Crippen LogP contribution in [0.25, 0.3) is 0 Å². The van der Waals surface area contributed by atoms with Crippen molar-refractivity contribution in [3.63, 3.8) is 0 Å². The molecule has 0 rings (SSSR count). The van der Waals surface area contributed by atoms with Crippen molar-refractivity contribution in [3.8, 4) is 0 Å². The van der Waals surface area contributed by atoms with E-state index in [9.17, 15) is 4.79 Å². The standard InChI is InChI=1S/C20H40O2/c1-4-7-8-9-10-11-12-13-14-18(5-2)17-19(6-3)15-16-20(21)22/h18-19H,4-17H2,1-3H3,(H,21,22). The van der Waals surface area contributed by atoms with Crippen molar-refractivity contribution in [2.75, 3.05) is 0 Å². The van der Waals surface area contributed by atoms with Crippen LogP contribution in [0.4, 0.5) is 0 Å². The molecular weight excluding hydrogens is 272 g/mol. The smallest absolute Gasteiger partial charge is 0.303 e. The van der Waals surface area contributed by atoms with Crippen LogP contribution in [0.1, 0.15) is 111 Å². The van der Waals surface area contributed by atoms with Crippen LogP contribution < -0.4 is 0 Å². The van der Waals surface area contributed by atoms with Crippen molar-refractivity contribution >= 4 is 5.97 Å². The first-order valence-electron chi connectivity index (χ1n) is 9.85. The summed E-state index contributed by atoms with van der Waals surface area (Å²) in [6.45, 7) is 6.76. The van der Waals surface area contributed by atoms with Gasteiger partial charge in [0.2, 0.25) is 0 Å². The molecule has 0 bridgehead atoms. The average Bonchev–Trinajstić information content (AvgIpc) is 2.51. The molecule has 2 unspecified atom stereocenters. The van der Waals surface area contributed by atoms with Crippen LogP contribution in [-0.4, -0.2) is 11.1 Å². The quantitative estimate of drug-likeness (QED) is 0.317. The van der Waals surface area contributed by atoms with Crippen molar-refractivity contribution < 1.29 is 9.90 Å². The molecule has 22 heavy (non-hydrogen) atoms. The van der Waals surface area contributed by atoms with Crippen LogP contribution in [0.3, 0.4) is 0 Å². The van der Waals surface area contributed by atoms with Gasteiger partial charge in [0, 0.05) is 6.42 Å². The van der Waals surface area contributed by atoms with E-state index >= 15 is 0 Å². The summed E-state index contributed by atoms with van der Waals surface area (Å²) < 4.78 is 0. The first kappa shape index (κ1) is 21.5. The second-order valence-electron chi connectivity index (χ2n) is 6.98. The Bertz CT molecular complexity index is 250. The van der Waals surface area contributed by atoms with E-state index in [0.717, 1.165) is 18.8 Å². The fraction of sp³-hybridized carbons (Fsp3) is 0.950. The summed E-state index contributed by atoms with van der Waals surface area (Å²) in [5, 5.41) is 8.83. The zero-order chi connectivity index (χ0) is 16.6. The van der Waals surface area contributed by atoms with Crippen LogP contribution in [0.2, 0.25) is 0 Å². The lowest BCUT2D eigenvalue weighted by molar-refractivity contribution is -0.137. The second-order valence-corrected chi connectivity index (χ2v) is 6.98. The molecule has 0 aliphatic carbocycles. The van der Waals surface area contributed by atoms with Gasteiger partial charge in [-0.1, -0.05) is 91.4 Å². The Kier molecular flexibility index (Phi) is 15.0. The maximum Gasteiger partial charge on any atom is 0.303 e. The highest BCUT2D eigenvalue weighted by molar-refractivity contribution is 5.66. The average molecular weight is 313 g/mol. The molecule has 0 saturated heterocycles. The lowest BCUT2D eigenvalue weighted by atomic mass is 9.85. The van der Waals surface area contributed by atoms with Crippen molar-refractivity contribution in [2.45, 2.75) is 111 Å². The van der Waals surface area contributed by atoms with E-state index < -0.39 is 5.97 Å². The van der Waals surface area contributed by atoms with Crippen LogP contribution in [-0.2, 0) is 4.79 Å². The summed E-state index contributed by atoms with van der Waals surface area (Å²) in [6, 6.07) is 0. The van der Waals surface area contributed by atoms with Crippen LogP contribution in [0.5, 0.6) is 0 Å². The minimum absolute atomic E-state index is 0.340. The summed E-state index contributed by atoms with van der Waals surface area (Å²) in [5.74, 6) is 0.767. The Morgan fingerprint density at radius 3 is 1.77 bits per heavy atom. The van der Waals surface area contributed by atoms with E-state index in [-0.39, 0.29) is 0 Å². The third-order valence-electron chi connectivity index (χ3n) is 5.05. The van der Waals surface area contributed by atoms with Gasteiger partial charge in [0.25, 0.3) is 0 Å². The van der Waals surface area contributed by atoms with Crippen LogP contribution >= 0.6 is 0 Å². The first-order valence-corrected chi connectivity index (χ1v) is 9.85. The molecule has 1 N–H and O–H groups in total. The highest BCUT2D eigenvalue weighted by Gasteiger charge is 2.15. The molecule has 0 saturated carbocycles. The lowest BCUT2D eigenvalue weighted by Crippen LogP contribution is -2.10. The molecule has 0 spiro atoms. The molecule has 132 valence electrons. The summed E-state index contributed by atoms with van der Waals surface area (Å²) >= 11 is 0. The van der Waals surface area contributed by atoms with Crippen molar-refractivity contribution in [3.05, 3.63) is 0 Å². The van der Waals surface area contributed by atoms with E-state index in [1.54, 1.807) is 0 Å². The Morgan fingerprint density at radius 2 is 1.27 bits per heavy atom. The Labute approximate surface area is 139 Å². The molecule has 0 radical (unpaired) electrons. The van der Waals surface area contributed by atoms with Gasteiger partial charge in [-0.15, -0.1) is 0 Å². The Morgan fingerprint density at radius 1 is 0.773 bits per heavy atom. The van der Waals surface area contributed by atoms with Gasteiger partial charge in [0.05, 0.1) is 0 Å². The summed E-state index contributed by atoms with van der Waals surface area (Å²) in [4.78, 5) is 10.7. The molecule has 0 aromatic heterocycles. The second kappa shape index (κ2) is 15.4. The minimum Gasteiger partial charge on any atom is -0.481 e. The molecule has 2 atom stereocenters. The predicted octanol–water partition coefficient (Wildman–Crippen LogP) is 6.82. The van der Waals surface area contributed by atoms with Crippen molar-refractivity contribution in [1.29, 1.82) is 0 Å².